The van der Waals surface area contributed by atoms with Crippen LogP contribution in [0.3, 0.4) is 0 Å². The monoisotopic (exact) mass is 232 g/mol. The molecule has 0 saturated carbocycles. The van der Waals surface area contributed by atoms with E-state index in [1.807, 2.05) is 11.8 Å². The summed E-state index contributed by atoms with van der Waals surface area (Å²) in [6, 6.07) is 0. The molecule has 0 aliphatic heterocycles. The SMILES string of the molecule is CCC(CC)(CNC(=O)CCCN)SC. The highest BCUT2D eigenvalue weighted by molar-refractivity contribution is 8.00. The van der Waals surface area contributed by atoms with E-state index in [0.717, 1.165) is 25.8 Å². The van der Waals surface area contributed by atoms with Crippen molar-refractivity contribution in [2.75, 3.05) is 19.3 Å². The molecule has 1 amide bonds. The van der Waals surface area contributed by atoms with Gasteiger partial charge in [-0.1, -0.05) is 13.8 Å². The first kappa shape index (κ1) is 14.8. The molecule has 0 unspecified atom stereocenters. The van der Waals surface area contributed by atoms with Crippen molar-refractivity contribution in [1.29, 1.82) is 0 Å². The fourth-order valence-electron chi connectivity index (χ4n) is 1.47. The second-order valence-corrected chi connectivity index (χ2v) is 5.04. The van der Waals surface area contributed by atoms with Gasteiger partial charge < -0.3 is 11.1 Å². The van der Waals surface area contributed by atoms with E-state index in [2.05, 4.69) is 25.4 Å². The predicted molar refractivity (Wildman–Crippen MR) is 68.1 cm³/mol. The van der Waals surface area contributed by atoms with Crippen molar-refractivity contribution in [2.45, 2.75) is 44.3 Å². The largest absolute Gasteiger partial charge is 0.355 e. The predicted octanol–water partition coefficient (Wildman–Crippen LogP) is 1.76. The summed E-state index contributed by atoms with van der Waals surface area (Å²) in [7, 11) is 0. The molecule has 0 rings (SSSR count). The van der Waals surface area contributed by atoms with Gasteiger partial charge in [-0.3, -0.25) is 4.79 Å². The van der Waals surface area contributed by atoms with Crippen LogP contribution in [0.5, 0.6) is 0 Å². The van der Waals surface area contributed by atoms with Crippen molar-refractivity contribution in [3.63, 3.8) is 0 Å². The molecule has 0 aromatic carbocycles. The van der Waals surface area contributed by atoms with Gasteiger partial charge in [0.2, 0.25) is 5.91 Å². The maximum Gasteiger partial charge on any atom is 0.220 e. The summed E-state index contributed by atoms with van der Waals surface area (Å²) in [6.07, 6.45) is 5.60. The summed E-state index contributed by atoms with van der Waals surface area (Å²) >= 11 is 1.84. The molecule has 90 valence electrons. The Morgan fingerprint density at radius 2 is 2.00 bits per heavy atom. The van der Waals surface area contributed by atoms with Crippen molar-refractivity contribution in [3.8, 4) is 0 Å². The van der Waals surface area contributed by atoms with E-state index in [4.69, 9.17) is 5.73 Å². The minimum absolute atomic E-state index is 0.126. The fraction of sp³-hybridized carbons (Fsp3) is 0.909. The molecule has 0 bridgehead atoms. The third-order valence-corrected chi connectivity index (χ3v) is 4.53. The third-order valence-electron chi connectivity index (χ3n) is 2.94. The number of nitrogens with one attached hydrogen (secondary N) is 1. The Kier molecular flexibility index (Phi) is 7.88. The van der Waals surface area contributed by atoms with Crippen LogP contribution in [-0.4, -0.2) is 30.0 Å². The molecule has 0 spiro atoms. The molecule has 0 saturated heterocycles. The number of amides is 1. The molecule has 0 radical (unpaired) electrons. The van der Waals surface area contributed by atoms with Gasteiger partial charge in [-0.05, 0) is 32.1 Å². The lowest BCUT2D eigenvalue weighted by Gasteiger charge is -2.29. The summed E-state index contributed by atoms with van der Waals surface area (Å²) in [5.74, 6) is 0.126. The Morgan fingerprint density at radius 1 is 1.40 bits per heavy atom. The van der Waals surface area contributed by atoms with Crippen LogP contribution in [-0.2, 0) is 4.79 Å². The summed E-state index contributed by atoms with van der Waals surface area (Å²) in [5.41, 5.74) is 5.35. The van der Waals surface area contributed by atoms with E-state index in [0.29, 0.717) is 13.0 Å². The average Bonchev–Trinajstić information content (AvgIpc) is 2.29. The molecule has 0 atom stereocenters. The van der Waals surface area contributed by atoms with Gasteiger partial charge in [0.15, 0.2) is 0 Å². The van der Waals surface area contributed by atoms with Crippen molar-refractivity contribution >= 4 is 17.7 Å². The topological polar surface area (TPSA) is 55.1 Å². The summed E-state index contributed by atoms with van der Waals surface area (Å²) < 4.78 is 0.207. The average molecular weight is 232 g/mol. The summed E-state index contributed by atoms with van der Waals surface area (Å²) in [5, 5.41) is 3.00. The minimum atomic E-state index is 0.126. The van der Waals surface area contributed by atoms with Crippen molar-refractivity contribution in [2.24, 2.45) is 5.73 Å². The van der Waals surface area contributed by atoms with E-state index in [1.54, 1.807) is 0 Å². The van der Waals surface area contributed by atoms with Crippen molar-refractivity contribution in [1.82, 2.24) is 5.32 Å². The highest BCUT2D eigenvalue weighted by Crippen LogP contribution is 2.29. The minimum Gasteiger partial charge on any atom is -0.355 e. The molecule has 15 heavy (non-hydrogen) atoms. The second kappa shape index (κ2) is 7.99. The lowest BCUT2D eigenvalue weighted by molar-refractivity contribution is -0.121. The van der Waals surface area contributed by atoms with Crippen LogP contribution < -0.4 is 11.1 Å². The van der Waals surface area contributed by atoms with Gasteiger partial charge in [0.1, 0.15) is 0 Å². The molecule has 0 aromatic heterocycles. The highest BCUT2D eigenvalue weighted by Gasteiger charge is 2.24. The Morgan fingerprint density at radius 3 is 2.40 bits per heavy atom. The number of rotatable bonds is 8. The van der Waals surface area contributed by atoms with Gasteiger partial charge in [-0.2, -0.15) is 11.8 Å². The number of nitrogens with two attached hydrogens (primary N) is 1. The first-order chi connectivity index (χ1) is 7.14. The zero-order chi connectivity index (χ0) is 11.7. The third kappa shape index (κ3) is 5.42. The number of hydrogen-bond donors (Lipinski definition) is 2. The Labute approximate surface area is 97.6 Å². The lowest BCUT2D eigenvalue weighted by atomic mass is 10.0. The maximum absolute atomic E-state index is 11.4. The standard InChI is InChI=1S/C11H24N2OS/c1-4-11(5-2,15-3)9-13-10(14)7-6-8-12/h4-9,12H2,1-3H3,(H,13,14). The Balaban J connectivity index is 3.93. The highest BCUT2D eigenvalue weighted by atomic mass is 32.2. The summed E-state index contributed by atoms with van der Waals surface area (Å²) in [6.45, 7) is 5.70. The molecule has 0 aliphatic rings. The van der Waals surface area contributed by atoms with Crippen LogP contribution in [0.1, 0.15) is 39.5 Å². The van der Waals surface area contributed by atoms with Gasteiger partial charge in [-0.25, -0.2) is 0 Å². The molecule has 0 heterocycles. The molecule has 3 nitrogen and oxygen atoms in total. The smallest absolute Gasteiger partial charge is 0.220 e. The van der Waals surface area contributed by atoms with Crippen LogP contribution in [0.4, 0.5) is 0 Å². The Hall–Kier alpha value is -0.220. The number of thioether (sulfide) groups is 1. The van der Waals surface area contributed by atoms with E-state index in [-0.39, 0.29) is 10.7 Å². The number of carbonyl (C=O) groups is 1. The van der Waals surface area contributed by atoms with Gasteiger partial charge in [0, 0.05) is 17.7 Å². The quantitative estimate of drug-likeness (QED) is 0.670. The van der Waals surface area contributed by atoms with Gasteiger partial charge in [-0.15, -0.1) is 0 Å². The van der Waals surface area contributed by atoms with Crippen LogP contribution in [0, 0.1) is 0 Å². The molecule has 0 aliphatic carbocycles. The number of hydrogen-bond acceptors (Lipinski definition) is 3. The fourth-order valence-corrected chi connectivity index (χ4v) is 2.27. The van der Waals surface area contributed by atoms with Crippen molar-refractivity contribution < 1.29 is 4.79 Å². The normalized spacial score (nSPS) is 11.5. The Bertz CT molecular complexity index is 173. The van der Waals surface area contributed by atoms with E-state index in [1.165, 1.54) is 0 Å². The number of carbonyl (C=O) groups excluding carboxylic acids is 1. The van der Waals surface area contributed by atoms with E-state index < -0.39 is 0 Å². The summed E-state index contributed by atoms with van der Waals surface area (Å²) in [4.78, 5) is 11.4. The van der Waals surface area contributed by atoms with Crippen molar-refractivity contribution in [3.05, 3.63) is 0 Å². The second-order valence-electron chi connectivity index (χ2n) is 3.76. The molecule has 0 fully saturated rings. The van der Waals surface area contributed by atoms with Crippen LogP contribution in [0.2, 0.25) is 0 Å². The maximum atomic E-state index is 11.4. The van der Waals surface area contributed by atoms with E-state index in [9.17, 15) is 4.79 Å². The van der Waals surface area contributed by atoms with Crippen LogP contribution in [0.15, 0.2) is 0 Å². The van der Waals surface area contributed by atoms with Gasteiger partial charge in [0.05, 0.1) is 0 Å². The van der Waals surface area contributed by atoms with Gasteiger partial charge in [0.25, 0.3) is 0 Å². The van der Waals surface area contributed by atoms with Crippen LogP contribution >= 0.6 is 11.8 Å². The first-order valence-corrected chi connectivity index (χ1v) is 6.88. The molecule has 3 N–H and O–H groups in total. The molecule has 4 heteroatoms. The van der Waals surface area contributed by atoms with E-state index >= 15 is 0 Å². The molecular weight excluding hydrogens is 208 g/mol. The zero-order valence-corrected chi connectivity index (χ0v) is 11.0. The zero-order valence-electron chi connectivity index (χ0n) is 10.1. The molecule has 0 aromatic rings. The van der Waals surface area contributed by atoms with Crippen LogP contribution in [0.25, 0.3) is 0 Å². The molecular formula is C11H24N2OS. The van der Waals surface area contributed by atoms with Gasteiger partial charge >= 0.3 is 0 Å². The lowest BCUT2D eigenvalue weighted by Crippen LogP contribution is -2.39. The first-order valence-electron chi connectivity index (χ1n) is 5.66.